The first-order chi connectivity index (χ1) is 11.7. The van der Waals surface area contributed by atoms with Crippen molar-refractivity contribution in [2.75, 3.05) is 13.1 Å². The second-order valence-electron chi connectivity index (χ2n) is 6.78. The molecule has 0 spiro atoms. The molecule has 134 valence electrons. The van der Waals surface area contributed by atoms with Crippen molar-refractivity contribution in [1.82, 2.24) is 20.9 Å². The fourth-order valence-electron chi connectivity index (χ4n) is 2.38. The molecule has 1 aromatic rings. The largest absolute Gasteiger partial charge is 0.350 e. The van der Waals surface area contributed by atoms with Gasteiger partial charge in [-0.05, 0) is 32.4 Å². The highest BCUT2D eigenvalue weighted by atomic mass is 16.2. The van der Waals surface area contributed by atoms with E-state index in [0.717, 1.165) is 4.90 Å². The SMILES string of the molecule is CC(C)(C)NC(=O)CNC(=O)c1ccccc1CN1C(=O)CNC1=O. The molecule has 0 atom stereocenters. The molecule has 5 amide bonds. The molecule has 2 rings (SSSR count). The molecule has 25 heavy (non-hydrogen) atoms. The van der Waals surface area contributed by atoms with Gasteiger partial charge >= 0.3 is 6.03 Å². The maximum absolute atomic E-state index is 12.4. The van der Waals surface area contributed by atoms with Crippen molar-refractivity contribution in [3.05, 3.63) is 35.4 Å². The molecule has 0 saturated carbocycles. The van der Waals surface area contributed by atoms with E-state index in [1.807, 2.05) is 20.8 Å². The van der Waals surface area contributed by atoms with E-state index >= 15 is 0 Å². The quantitative estimate of drug-likeness (QED) is 0.670. The van der Waals surface area contributed by atoms with E-state index in [1.54, 1.807) is 24.3 Å². The molecular weight excluding hydrogens is 324 g/mol. The van der Waals surface area contributed by atoms with Crippen LogP contribution in [0, 0.1) is 0 Å². The number of hydrogen-bond acceptors (Lipinski definition) is 4. The minimum absolute atomic E-state index is 0.00243. The zero-order valence-corrected chi connectivity index (χ0v) is 14.5. The van der Waals surface area contributed by atoms with Crippen LogP contribution in [0.3, 0.4) is 0 Å². The topological polar surface area (TPSA) is 108 Å². The molecule has 0 aromatic heterocycles. The smallest absolute Gasteiger partial charge is 0.324 e. The first-order valence-electron chi connectivity index (χ1n) is 7.93. The number of nitrogens with one attached hydrogen (secondary N) is 3. The summed E-state index contributed by atoms with van der Waals surface area (Å²) in [7, 11) is 0. The highest BCUT2D eigenvalue weighted by Crippen LogP contribution is 2.14. The van der Waals surface area contributed by atoms with E-state index in [-0.39, 0.29) is 37.0 Å². The molecule has 1 aliphatic heterocycles. The summed E-state index contributed by atoms with van der Waals surface area (Å²) < 4.78 is 0. The lowest BCUT2D eigenvalue weighted by Gasteiger charge is -2.20. The van der Waals surface area contributed by atoms with Gasteiger partial charge in [0.1, 0.15) is 0 Å². The fourth-order valence-corrected chi connectivity index (χ4v) is 2.38. The molecule has 0 aliphatic carbocycles. The predicted molar refractivity (Wildman–Crippen MR) is 90.6 cm³/mol. The Morgan fingerprint density at radius 1 is 1.20 bits per heavy atom. The van der Waals surface area contributed by atoms with E-state index in [9.17, 15) is 19.2 Å². The van der Waals surface area contributed by atoms with Crippen molar-refractivity contribution in [2.45, 2.75) is 32.9 Å². The molecule has 0 bridgehead atoms. The summed E-state index contributed by atoms with van der Waals surface area (Å²) in [6, 6.07) is 6.18. The van der Waals surface area contributed by atoms with Gasteiger partial charge in [-0.15, -0.1) is 0 Å². The normalized spacial score (nSPS) is 14.3. The van der Waals surface area contributed by atoms with Gasteiger partial charge in [0.15, 0.2) is 0 Å². The Hall–Kier alpha value is -2.90. The number of benzene rings is 1. The van der Waals surface area contributed by atoms with Gasteiger partial charge in [0.25, 0.3) is 5.91 Å². The average molecular weight is 346 g/mol. The molecular formula is C17H22N4O4. The number of hydrogen-bond donors (Lipinski definition) is 3. The zero-order valence-electron chi connectivity index (χ0n) is 14.5. The number of urea groups is 1. The molecule has 1 saturated heterocycles. The Kier molecular flexibility index (Phi) is 5.41. The van der Waals surface area contributed by atoms with Crippen molar-refractivity contribution < 1.29 is 19.2 Å². The number of imide groups is 1. The molecule has 0 unspecified atom stereocenters. The Morgan fingerprint density at radius 3 is 2.48 bits per heavy atom. The van der Waals surface area contributed by atoms with Crippen LogP contribution >= 0.6 is 0 Å². The number of carbonyl (C=O) groups is 4. The van der Waals surface area contributed by atoms with Gasteiger partial charge in [0.2, 0.25) is 11.8 Å². The van der Waals surface area contributed by atoms with Gasteiger partial charge in [0, 0.05) is 11.1 Å². The van der Waals surface area contributed by atoms with Gasteiger partial charge in [-0.25, -0.2) is 4.79 Å². The molecule has 0 radical (unpaired) electrons. The second kappa shape index (κ2) is 7.33. The standard InChI is InChI=1S/C17H22N4O4/c1-17(2,3)20-13(22)8-18-15(24)12-7-5-4-6-11(12)10-21-14(23)9-19-16(21)25/h4-7H,8-10H2,1-3H3,(H,18,24)(H,19,25)(H,20,22). The third-order valence-electron chi connectivity index (χ3n) is 3.45. The van der Waals surface area contributed by atoms with Crippen molar-refractivity contribution >= 4 is 23.8 Å². The molecule has 3 N–H and O–H groups in total. The fraction of sp³-hybridized carbons (Fsp3) is 0.412. The van der Waals surface area contributed by atoms with E-state index in [0.29, 0.717) is 11.1 Å². The minimum atomic E-state index is -0.482. The maximum Gasteiger partial charge on any atom is 0.324 e. The van der Waals surface area contributed by atoms with E-state index in [1.165, 1.54) is 0 Å². The van der Waals surface area contributed by atoms with Crippen LogP contribution in [-0.2, 0) is 16.1 Å². The summed E-state index contributed by atoms with van der Waals surface area (Å²) in [5.41, 5.74) is 0.462. The molecule has 1 aliphatic rings. The van der Waals surface area contributed by atoms with Crippen molar-refractivity contribution in [3.8, 4) is 0 Å². The highest BCUT2D eigenvalue weighted by Gasteiger charge is 2.29. The molecule has 8 heteroatoms. The van der Waals surface area contributed by atoms with E-state index in [4.69, 9.17) is 0 Å². The van der Waals surface area contributed by atoms with E-state index < -0.39 is 11.9 Å². The Balaban J connectivity index is 2.04. The number of amides is 5. The Labute approximate surface area is 145 Å². The van der Waals surface area contributed by atoms with Gasteiger partial charge in [0.05, 0.1) is 19.6 Å². The maximum atomic E-state index is 12.4. The summed E-state index contributed by atoms with van der Waals surface area (Å²) in [5, 5.41) is 7.74. The van der Waals surface area contributed by atoms with Crippen LogP contribution in [0.15, 0.2) is 24.3 Å². The minimum Gasteiger partial charge on any atom is -0.350 e. The third-order valence-corrected chi connectivity index (χ3v) is 3.45. The van der Waals surface area contributed by atoms with Gasteiger partial charge < -0.3 is 16.0 Å². The van der Waals surface area contributed by atoms with E-state index in [2.05, 4.69) is 16.0 Å². The Morgan fingerprint density at radius 2 is 1.88 bits per heavy atom. The molecule has 1 fully saturated rings. The van der Waals surface area contributed by atoms with Crippen LogP contribution in [0.4, 0.5) is 4.79 Å². The first kappa shape index (κ1) is 18.4. The average Bonchev–Trinajstić information content (AvgIpc) is 2.83. The second-order valence-corrected chi connectivity index (χ2v) is 6.78. The Bertz CT molecular complexity index is 693. The van der Waals surface area contributed by atoms with Crippen LogP contribution in [0.1, 0.15) is 36.7 Å². The lowest BCUT2D eigenvalue weighted by Crippen LogP contribution is -2.46. The lowest BCUT2D eigenvalue weighted by atomic mass is 10.1. The van der Waals surface area contributed by atoms with Crippen molar-refractivity contribution in [2.24, 2.45) is 0 Å². The molecule has 1 heterocycles. The lowest BCUT2D eigenvalue weighted by molar-refractivity contribution is -0.125. The van der Waals surface area contributed by atoms with Gasteiger partial charge in [-0.1, -0.05) is 18.2 Å². The van der Waals surface area contributed by atoms with Crippen molar-refractivity contribution in [1.29, 1.82) is 0 Å². The molecule has 8 nitrogen and oxygen atoms in total. The predicted octanol–water partition coefficient (Wildman–Crippen LogP) is 0.383. The van der Waals surface area contributed by atoms with Gasteiger partial charge in [-0.2, -0.15) is 0 Å². The summed E-state index contributed by atoms with van der Waals surface area (Å²) in [6.45, 7) is 5.34. The summed E-state index contributed by atoms with van der Waals surface area (Å²) in [6.07, 6.45) is 0. The monoisotopic (exact) mass is 346 g/mol. The summed E-state index contributed by atoms with van der Waals surface area (Å²) in [4.78, 5) is 48.6. The number of rotatable bonds is 5. The zero-order chi connectivity index (χ0) is 18.6. The van der Waals surface area contributed by atoms with Crippen molar-refractivity contribution in [3.63, 3.8) is 0 Å². The van der Waals surface area contributed by atoms with Crippen LogP contribution in [-0.4, -0.2) is 47.3 Å². The van der Waals surface area contributed by atoms with Gasteiger partial charge in [-0.3, -0.25) is 19.3 Å². The summed E-state index contributed by atoms with van der Waals surface area (Å²) >= 11 is 0. The summed E-state index contributed by atoms with van der Waals surface area (Å²) in [5.74, 6) is -1.08. The number of nitrogens with zero attached hydrogens (tertiary/aromatic N) is 1. The highest BCUT2D eigenvalue weighted by molar-refractivity contribution is 6.02. The first-order valence-corrected chi connectivity index (χ1v) is 7.93. The third kappa shape index (κ3) is 5.03. The van der Waals surface area contributed by atoms with Crippen LogP contribution in [0.5, 0.6) is 0 Å². The van der Waals surface area contributed by atoms with Crippen LogP contribution in [0.25, 0.3) is 0 Å². The van der Waals surface area contributed by atoms with Crippen LogP contribution in [0.2, 0.25) is 0 Å². The molecule has 1 aromatic carbocycles. The number of carbonyl (C=O) groups excluding carboxylic acids is 4. The van der Waals surface area contributed by atoms with Crippen LogP contribution < -0.4 is 16.0 Å².